The van der Waals surface area contributed by atoms with Crippen molar-refractivity contribution in [3.8, 4) is 5.75 Å². The van der Waals surface area contributed by atoms with Crippen molar-refractivity contribution in [2.24, 2.45) is 0 Å². The number of nitrogens with zero attached hydrogens (tertiary/aromatic N) is 1. The number of phenols is 1. The Balaban J connectivity index is 2.04. The van der Waals surface area contributed by atoms with Crippen molar-refractivity contribution in [2.45, 2.75) is 11.8 Å². The predicted molar refractivity (Wildman–Crippen MR) is 82.5 cm³/mol. The molecule has 2 atom stereocenters. The van der Waals surface area contributed by atoms with Crippen molar-refractivity contribution in [2.75, 3.05) is 20.1 Å². The highest BCUT2D eigenvalue weighted by molar-refractivity contribution is 6.30. The lowest BCUT2D eigenvalue weighted by Crippen LogP contribution is -2.13. The summed E-state index contributed by atoms with van der Waals surface area (Å²) in [4.78, 5) is 2.15. The van der Waals surface area contributed by atoms with Crippen LogP contribution in [0.15, 0.2) is 42.5 Å². The second-order valence-electron chi connectivity index (χ2n) is 5.66. The molecule has 0 spiro atoms. The molecule has 0 radical (unpaired) electrons. The minimum absolute atomic E-state index is 0.0120. The average molecular weight is 306 g/mol. The molecule has 0 saturated carbocycles. The summed E-state index contributed by atoms with van der Waals surface area (Å²) >= 11 is 6.03. The summed E-state index contributed by atoms with van der Waals surface area (Å²) in [6.07, 6.45) is 0. The van der Waals surface area contributed by atoms with E-state index < -0.39 is 0 Å². The monoisotopic (exact) mass is 305 g/mol. The van der Waals surface area contributed by atoms with Crippen molar-refractivity contribution < 1.29 is 9.50 Å². The summed E-state index contributed by atoms with van der Waals surface area (Å²) in [5.74, 6) is 0.0801. The van der Waals surface area contributed by atoms with Crippen LogP contribution >= 0.6 is 11.6 Å². The van der Waals surface area contributed by atoms with E-state index in [-0.39, 0.29) is 23.4 Å². The zero-order valence-electron chi connectivity index (χ0n) is 11.8. The fraction of sp³-hybridized carbons (Fsp3) is 0.294. The van der Waals surface area contributed by atoms with Gasteiger partial charge in [-0.05, 0) is 42.4 Å². The van der Waals surface area contributed by atoms with Crippen molar-refractivity contribution in [1.29, 1.82) is 0 Å². The van der Waals surface area contributed by atoms with E-state index in [9.17, 15) is 9.50 Å². The molecule has 21 heavy (non-hydrogen) atoms. The van der Waals surface area contributed by atoms with Gasteiger partial charge in [0.2, 0.25) is 0 Å². The van der Waals surface area contributed by atoms with E-state index in [0.717, 1.165) is 18.7 Å². The van der Waals surface area contributed by atoms with E-state index in [2.05, 4.69) is 4.90 Å². The van der Waals surface area contributed by atoms with Crippen LogP contribution in [0.3, 0.4) is 0 Å². The summed E-state index contributed by atoms with van der Waals surface area (Å²) in [5.41, 5.74) is 1.49. The van der Waals surface area contributed by atoms with E-state index >= 15 is 0 Å². The van der Waals surface area contributed by atoms with Crippen molar-refractivity contribution in [1.82, 2.24) is 4.90 Å². The minimum Gasteiger partial charge on any atom is -0.508 e. The van der Waals surface area contributed by atoms with Crippen molar-refractivity contribution in [3.63, 3.8) is 0 Å². The molecule has 2 nitrogen and oxygen atoms in total. The summed E-state index contributed by atoms with van der Waals surface area (Å²) in [6, 6.07) is 12.0. The number of phenolic OH excluding ortho intramolecular Hbond substituents is 1. The normalized spacial score (nSPS) is 22.6. The number of benzene rings is 2. The molecule has 1 saturated heterocycles. The Hall–Kier alpha value is -1.58. The number of hydrogen-bond donors (Lipinski definition) is 1. The molecule has 3 rings (SSSR count). The molecule has 1 N–H and O–H groups in total. The van der Waals surface area contributed by atoms with Gasteiger partial charge in [-0.25, -0.2) is 4.39 Å². The van der Waals surface area contributed by atoms with Gasteiger partial charge >= 0.3 is 0 Å². The molecule has 1 aliphatic heterocycles. The number of likely N-dealkylation sites (tertiary alicyclic amines) is 1. The van der Waals surface area contributed by atoms with Crippen molar-refractivity contribution >= 4 is 11.6 Å². The summed E-state index contributed by atoms with van der Waals surface area (Å²) in [6.45, 7) is 1.53. The van der Waals surface area contributed by atoms with E-state index in [1.54, 1.807) is 24.3 Å². The van der Waals surface area contributed by atoms with Crippen LogP contribution in [0.1, 0.15) is 23.0 Å². The standard InChI is InChI=1S/C17H17ClFNO/c1-20-9-14(12-4-2-3-5-17(12)21)15(10-20)13-8-11(18)6-7-16(13)19/h2-8,14-15,21H,9-10H2,1H3/t14-,15-/m1/s1. The van der Waals surface area contributed by atoms with Crippen LogP contribution in [-0.2, 0) is 0 Å². The van der Waals surface area contributed by atoms with Gasteiger partial charge in [0, 0.05) is 29.9 Å². The Labute approximate surface area is 128 Å². The third kappa shape index (κ3) is 2.76. The Morgan fingerprint density at radius 2 is 1.76 bits per heavy atom. The number of para-hydroxylation sites is 1. The molecular formula is C17H17ClFNO. The molecule has 0 bridgehead atoms. The van der Waals surface area contributed by atoms with Gasteiger partial charge in [0.1, 0.15) is 11.6 Å². The first-order valence-electron chi connectivity index (χ1n) is 6.97. The third-order valence-electron chi connectivity index (χ3n) is 4.20. The van der Waals surface area contributed by atoms with E-state index in [1.165, 1.54) is 6.07 Å². The van der Waals surface area contributed by atoms with E-state index in [0.29, 0.717) is 10.6 Å². The lowest BCUT2D eigenvalue weighted by atomic mass is 9.83. The highest BCUT2D eigenvalue weighted by Gasteiger charge is 2.35. The largest absolute Gasteiger partial charge is 0.508 e. The fourth-order valence-corrected chi connectivity index (χ4v) is 3.41. The Kier molecular flexibility index (Phi) is 3.87. The summed E-state index contributed by atoms with van der Waals surface area (Å²) in [5, 5.41) is 10.6. The lowest BCUT2D eigenvalue weighted by molar-refractivity contribution is 0.404. The molecule has 0 aromatic heterocycles. The topological polar surface area (TPSA) is 23.5 Å². The first-order valence-corrected chi connectivity index (χ1v) is 7.35. The molecular weight excluding hydrogens is 289 g/mol. The molecule has 2 aromatic rings. The molecule has 4 heteroatoms. The SMILES string of the molecule is CN1C[C@H](c2ccccc2O)[C@@H](c2cc(Cl)ccc2F)C1. The first kappa shape index (κ1) is 14.4. The maximum absolute atomic E-state index is 14.2. The van der Waals surface area contributed by atoms with Crippen LogP contribution in [-0.4, -0.2) is 30.1 Å². The van der Waals surface area contributed by atoms with Gasteiger partial charge < -0.3 is 10.0 Å². The molecule has 1 fully saturated rings. The van der Waals surface area contributed by atoms with Gasteiger partial charge in [-0.1, -0.05) is 29.8 Å². The molecule has 0 amide bonds. The second-order valence-corrected chi connectivity index (χ2v) is 6.10. The number of likely N-dealkylation sites (N-methyl/N-ethyl adjacent to an activating group) is 1. The minimum atomic E-state index is -0.236. The quantitative estimate of drug-likeness (QED) is 0.906. The molecule has 110 valence electrons. The molecule has 1 heterocycles. The van der Waals surface area contributed by atoms with Crippen LogP contribution in [0, 0.1) is 5.82 Å². The van der Waals surface area contributed by atoms with Gasteiger partial charge in [0.25, 0.3) is 0 Å². The van der Waals surface area contributed by atoms with Crippen molar-refractivity contribution in [3.05, 3.63) is 64.4 Å². The van der Waals surface area contributed by atoms with Crippen LogP contribution in [0.5, 0.6) is 5.75 Å². The maximum Gasteiger partial charge on any atom is 0.126 e. The summed E-state index contributed by atoms with van der Waals surface area (Å²) < 4.78 is 14.2. The number of halogens is 2. The number of rotatable bonds is 2. The highest BCUT2D eigenvalue weighted by atomic mass is 35.5. The molecule has 1 aliphatic rings. The highest BCUT2D eigenvalue weighted by Crippen LogP contribution is 2.43. The van der Waals surface area contributed by atoms with Gasteiger partial charge in [-0.3, -0.25) is 0 Å². The fourth-order valence-electron chi connectivity index (χ4n) is 3.23. The number of hydrogen-bond acceptors (Lipinski definition) is 2. The van der Waals surface area contributed by atoms with Gasteiger partial charge in [0.15, 0.2) is 0 Å². The van der Waals surface area contributed by atoms with E-state index in [1.807, 2.05) is 19.2 Å². The molecule has 0 aliphatic carbocycles. The lowest BCUT2D eigenvalue weighted by Gasteiger charge is -2.21. The Bertz CT molecular complexity index is 661. The Morgan fingerprint density at radius 3 is 2.48 bits per heavy atom. The first-order chi connectivity index (χ1) is 10.1. The van der Waals surface area contributed by atoms with Crippen LogP contribution in [0.2, 0.25) is 5.02 Å². The maximum atomic E-state index is 14.2. The number of aromatic hydroxyl groups is 1. The van der Waals surface area contributed by atoms with Gasteiger partial charge in [0.05, 0.1) is 0 Å². The van der Waals surface area contributed by atoms with Gasteiger partial charge in [-0.15, -0.1) is 0 Å². The molecule has 2 aromatic carbocycles. The van der Waals surface area contributed by atoms with E-state index in [4.69, 9.17) is 11.6 Å². The third-order valence-corrected chi connectivity index (χ3v) is 4.43. The smallest absolute Gasteiger partial charge is 0.126 e. The average Bonchev–Trinajstić information content (AvgIpc) is 2.83. The van der Waals surface area contributed by atoms with Gasteiger partial charge in [-0.2, -0.15) is 0 Å². The zero-order valence-corrected chi connectivity index (χ0v) is 12.5. The zero-order chi connectivity index (χ0) is 15.0. The van der Waals surface area contributed by atoms with Crippen LogP contribution in [0.25, 0.3) is 0 Å². The van der Waals surface area contributed by atoms with Crippen LogP contribution < -0.4 is 0 Å². The Morgan fingerprint density at radius 1 is 1.10 bits per heavy atom. The summed E-state index contributed by atoms with van der Waals surface area (Å²) in [7, 11) is 2.01. The van der Waals surface area contributed by atoms with Crippen LogP contribution in [0.4, 0.5) is 4.39 Å². The molecule has 0 unspecified atom stereocenters. The second kappa shape index (κ2) is 5.66. The predicted octanol–water partition coefficient (Wildman–Crippen LogP) is 4.00.